The molecule has 0 aliphatic carbocycles. The zero-order valence-corrected chi connectivity index (χ0v) is 15.2. The highest BCUT2D eigenvalue weighted by molar-refractivity contribution is 6.31. The fourth-order valence-electron chi connectivity index (χ4n) is 2.80. The van der Waals surface area contributed by atoms with Crippen molar-refractivity contribution in [2.24, 2.45) is 5.92 Å². The van der Waals surface area contributed by atoms with E-state index >= 15 is 0 Å². The Bertz CT molecular complexity index is 508. The van der Waals surface area contributed by atoms with Crippen LogP contribution in [-0.2, 0) is 4.79 Å². The van der Waals surface area contributed by atoms with Gasteiger partial charge >= 0.3 is 0 Å². The molecule has 1 atom stereocenters. The van der Waals surface area contributed by atoms with Crippen molar-refractivity contribution in [2.75, 3.05) is 45.7 Å². The lowest BCUT2D eigenvalue weighted by Crippen LogP contribution is -2.39. The summed E-state index contributed by atoms with van der Waals surface area (Å²) in [4.78, 5) is 14.2. The molecule has 0 aromatic heterocycles. The quantitative estimate of drug-likeness (QED) is 0.817. The topological polar surface area (TPSA) is 53.6 Å². The fourth-order valence-corrected chi connectivity index (χ4v) is 2.97. The summed E-state index contributed by atoms with van der Waals surface area (Å²) in [5.41, 5.74) is 0.604. The Morgan fingerprint density at radius 1 is 1.52 bits per heavy atom. The smallest absolute Gasteiger partial charge is 0.238 e. The van der Waals surface area contributed by atoms with E-state index in [2.05, 4.69) is 15.5 Å². The summed E-state index contributed by atoms with van der Waals surface area (Å²) in [6.45, 7) is 3.42. The fraction of sp³-hybridized carbons (Fsp3) is 0.562. The number of rotatable bonds is 6. The second-order valence-electron chi connectivity index (χ2n) is 5.80. The minimum atomic E-state index is -0.0631. The van der Waals surface area contributed by atoms with Crippen molar-refractivity contribution >= 4 is 35.6 Å². The number of benzene rings is 1. The van der Waals surface area contributed by atoms with Crippen LogP contribution in [0.2, 0.25) is 5.02 Å². The highest BCUT2D eigenvalue weighted by atomic mass is 35.5. The zero-order chi connectivity index (χ0) is 15.9. The second kappa shape index (κ2) is 9.98. The van der Waals surface area contributed by atoms with Crippen molar-refractivity contribution in [3.05, 3.63) is 23.2 Å². The van der Waals surface area contributed by atoms with E-state index in [0.29, 0.717) is 28.9 Å². The molecule has 0 spiro atoms. The molecule has 23 heavy (non-hydrogen) atoms. The van der Waals surface area contributed by atoms with Gasteiger partial charge in [0, 0.05) is 11.6 Å². The van der Waals surface area contributed by atoms with Gasteiger partial charge in [0.05, 0.1) is 19.3 Å². The SMILES string of the molecule is COc1ccc(Cl)cc1NC(=O)CN(C)CC1CCCNC1.Cl. The number of nitrogens with zero attached hydrogens (tertiary/aromatic N) is 1. The average molecular weight is 362 g/mol. The molecule has 0 radical (unpaired) electrons. The Morgan fingerprint density at radius 3 is 2.96 bits per heavy atom. The van der Waals surface area contributed by atoms with Gasteiger partial charge in [0.1, 0.15) is 5.75 Å². The summed E-state index contributed by atoms with van der Waals surface area (Å²) in [6.07, 6.45) is 2.44. The normalized spacial score (nSPS) is 17.5. The molecule has 5 nitrogen and oxygen atoms in total. The molecule has 1 aromatic rings. The van der Waals surface area contributed by atoms with Crippen LogP contribution >= 0.6 is 24.0 Å². The predicted octanol–water partition coefficient (Wildman–Crippen LogP) is 2.64. The van der Waals surface area contributed by atoms with Gasteiger partial charge in [-0.05, 0) is 57.1 Å². The van der Waals surface area contributed by atoms with Gasteiger partial charge < -0.3 is 15.4 Å². The van der Waals surface area contributed by atoms with Crippen molar-refractivity contribution in [1.82, 2.24) is 10.2 Å². The van der Waals surface area contributed by atoms with Crippen LogP contribution in [0.5, 0.6) is 5.75 Å². The van der Waals surface area contributed by atoms with Crippen LogP contribution in [0.1, 0.15) is 12.8 Å². The molecule has 0 saturated carbocycles. The van der Waals surface area contributed by atoms with Crippen LogP contribution in [0.15, 0.2) is 18.2 Å². The summed E-state index contributed by atoms with van der Waals surface area (Å²) in [7, 11) is 3.55. The first kappa shape index (κ1) is 20.0. The van der Waals surface area contributed by atoms with E-state index in [1.54, 1.807) is 25.3 Å². The number of halogens is 2. The highest BCUT2D eigenvalue weighted by Crippen LogP contribution is 2.27. The Kier molecular flexibility index (Phi) is 8.69. The Labute approximate surface area is 149 Å². The Hall–Kier alpha value is -1.01. The first-order chi connectivity index (χ1) is 10.6. The number of hydrogen-bond donors (Lipinski definition) is 2. The number of methoxy groups -OCH3 is 1. The van der Waals surface area contributed by atoms with E-state index in [1.807, 2.05) is 7.05 Å². The number of anilines is 1. The lowest BCUT2D eigenvalue weighted by atomic mass is 9.99. The van der Waals surface area contributed by atoms with E-state index in [0.717, 1.165) is 19.6 Å². The Balaban J connectivity index is 0.00000264. The molecule has 1 heterocycles. The molecule has 1 aliphatic heterocycles. The van der Waals surface area contributed by atoms with Crippen LogP contribution < -0.4 is 15.4 Å². The van der Waals surface area contributed by atoms with Gasteiger partial charge in [0.2, 0.25) is 5.91 Å². The lowest BCUT2D eigenvalue weighted by Gasteiger charge is -2.27. The number of likely N-dealkylation sites (N-methyl/N-ethyl adjacent to an activating group) is 1. The summed E-state index contributed by atoms with van der Waals surface area (Å²) in [6, 6.07) is 5.18. The summed E-state index contributed by atoms with van der Waals surface area (Å²) < 4.78 is 5.23. The molecule has 1 fully saturated rings. The number of nitrogens with one attached hydrogen (secondary N) is 2. The van der Waals surface area contributed by atoms with Gasteiger partial charge in [-0.1, -0.05) is 11.6 Å². The molecular weight excluding hydrogens is 337 g/mol. The minimum absolute atomic E-state index is 0. The molecule has 2 N–H and O–H groups in total. The molecule has 1 amide bonds. The second-order valence-corrected chi connectivity index (χ2v) is 6.24. The Morgan fingerprint density at radius 2 is 2.30 bits per heavy atom. The standard InChI is InChI=1S/C16H24ClN3O2.ClH/c1-20(10-12-4-3-7-18-9-12)11-16(21)19-14-8-13(17)5-6-15(14)22-2;/h5-6,8,12,18H,3-4,7,9-11H2,1-2H3,(H,19,21);1H. The van der Waals surface area contributed by atoms with Crippen LogP contribution in [-0.4, -0.2) is 51.1 Å². The van der Waals surface area contributed by atoms with Crippen LogP contribution in [0.3, 0.4) is 0 Å². The molecular formula is C16H25Cl2N3O2. The van der Waals surface area contributed by atoms with Gasteiger partial charge in [0.25, 0.3) is 0 Å². The van der Waals surface area contributed by atoms with Gasteiger partial charge in [-0.2, -0.15) is 0 Å². The van der Waals surface area contributed by atoms with Gasteiger partial charge in [0.15, 0.2) is 0 Å². The van der Waals surface area contributed by atoms with Gasteiger partial charge in [-0.3, -0.25) is 9.69 Å². The van der Waals surface area contributed by atoms with E-state index in [9.17, 15) is 4.79 Å². The van der Waals surface area contributed by atoms with Crippen LogP contribution in [0, 0.1) is 5.92 Å². The van der Waals surface area contributed by atoms with Crippen LogP contribution in [0.4, 0.5) is 5.69 Å². The van der Waals surface area contributed by atoms with Crippen molar-refractivity contribution < 1.29 is 9.53 Å². The molecule has 130 valence electrons. The van der Waals surface area contributed by atoms with E-state index < -0.39 is 0 Å². The molecule has 7 heteroatoms. The molecule has 1 unspecified atom stereocenters. The van der Waals surface area contributed by atoms with Crippen molar-refractivity contribution in [3.8, 4) is 5.75 Å². The number of amides is 1. The van der Waals surface area contributed by atoms with Gasteiger partial charge in [-0.15, -0.1) is 12.4 Å². The first-order valence-electron chi connectivity index (χ1n) is 7.61. The zero-order valence-electron chi connectivity index (χ0n) is 13.6. The largest absolute Gasteiger partial charge is 0.495 e. The number of carbonyl (C=O) groups is 1. The maximum atomic E-state index is 12.2. The number of piperidine rings is 1. The van der Waals surface area contributed by atoms with Crippen molar-refractivity contribution in [3.63, 3.8) is 0 Å². The van der Waals surface area contributed by atoms with E-state index in [4.69, 9.17) is 16.3 Å². The molecule has 1 saturated heterocycles. The van der Waals surface area contributed by atoms with Gasteiger partial charge in [-0.25, -0.2) is 0 Å². The molecule has 0 bridgehead atoms. The number of ether oxygens (including phenoxy) is 1. The third-order valence-electron chi connectivity index (χ3n) is 3.82. The third-order valence-corrected chi connectivity index (χ3v) is 4.05. The highest BCUT2D eigenvalue weighted by Gasteiger charge is 2.17. The monoisotopic (exact) mass is 361 g/mol. The van der Waals surface area contributed by atoms with E-state index in [-0.39, 0.29) is 18.3 Å². The first-order valence-corrected chi connectivity index (χ1v) is 7.99. The summed E-state index contributed by atoms with van der Waals surface area (Å²) in [5.74, 6) is 1.16. The summed E-state index contributed by atoms with van der Waals surface area (Å²) >= 11 is 5.97. The molecule has 2 rings (SSSR count). The average Bonchev–Trinajstić information content (AvgIpc) is 2.48. The lowest BCUT2D eigenvalue weighted by molar-refractivity contribution is -0.117. The van der Waals surface area contributed by atoms with E-state index in [1.165, 1.54) is 12.8 Å². The summed E-state index contributed by atoms with van der Waals surface area (Å²) in [5, 5.41) is 6.83. The predicted molar refractivity (Wildman–Crippen MR) is 97.0 cm³/mol. The maximum absolute atomic E-state index is 12.2. The maximum Gasteiger partial charge on any atom is 0.238 e. The number of carbonyl (C=O) groups excluding carboxylic acids is 1. The number of hydrogen-bond acceptors (Lipinski definition) is 4. The van der Waals surface area contributed by atoms with Crippen molar-refractivity contribution in [2.45, 2.75) is 12.8 Å². The molecule has 1 aliphatic rings. The third kappa shape index (κ3) is 6.55. The molecule has 1 aromatic carbocycles. The van der Waals surface area contributed by atoms with Crippen LogP contribution in [0.25, 0.3) is 0 Å². The minimum Gasteiger partial charge on any atom is -0.495 e. The van der Waals surface area contributed by atoms with Crippen molar-refractivity contribution in [1.29, 1.82) is 0 Å².